The van der Waals surface area contributed by atoms with Gasteiger partial charge in [0.05, 0.1) is 0 Å². The number of benzene rings is 1. The normalized spacial score (nSPS) is 10.2. The van der Waals surface area contributed by atoms with E-state index in [2.05, 4.69) is 17.2 Å². The van der Waals surface area contributed by atoms with Crippen LogP contribution in [0.5, 0.6) is 0 Å². The number of hydrogen-bond donors (Lipinski definition) is 1. The number of hydrogen-bond acceptors (Lipinski definition) is 3. The Kier molecular flexibility index (Phi) is 4.35. The SMILES string of the molecule is CCc1cccc(NC(=O)c2cc(N(C)C)ccn2)c1. The van der Waals surface area contributed by atoms with Gasteiger partial charge in [0.25, 0.3) is 5.91 Å². The Labute approximate surface area is 119 Å². The van der Waals surface area contributed by atoms with Crippen LogP contribution in [0.2, 0.25) is 0 Å². The number of pyridine rings is 1. The molecule has 0 spiro atoms. The fourth-order valence-electron chi connectivity index (χ4n) is 1.89. The van der Waals surface area contributed by atoms with Crippen molar-refractivity contribution >= 4 is 17.3 Å². The van der Waals surface area contributed by atoms with E-state index in [9.17, 15) is 4.79 Å². The molecular formula is C16H19N3O. The first-order valence-corrected chi connectivity index (χ1v) is 6.64. The lowest BCUT2D eigenvalue weighted by Crippen LogP contribution is -2.15. The molecule has 0 unspecified atom stereocenters. The Morgan fingerprint density at radius 3 is 2.75 bits per heavy atom. The molecule has 4 nitrogen and oxygen atoms in total. The summed E-state index contributed by atoms with van der Waals surface area (Å²) < 4.78 is 0. The van der Waals surface area contributed by atoms with Crippen molar-refractivity contribution in [2.75, 3.05) is 24.3 Å². The largest absolute Gasteiger partial charge is 0.378 e. The van der Waals surface area contributed by atoms with Gasteiger partial charge in [-0.1, -0.05) is 19.1 Å². The van der Waals surface area contributed by atoms with Gasteiger partial charge in [-0.2, -0.15) is 0 Å². The van der Waals surface area contributed by atoms with Crippen molar-refractivity contribution in [2.45, 2.75) is 13.3 Å². The number of carbonyl (C=O) groups is 1. The van der Waals surface area contributed by atoms with E-state index < -0.39 is 0 Å². The minimum atomic E-state index is -0.193. The Morgan fingerprint density at radius 1 is 1.25 bits per heavy atom. The highest BCUT2D eigenvalue weighted by atomic mass is 16.1. The molecule has 0 aliphatic rings. The Morgan fingerprint density at radius 2 is 2.05 bits per heavy atom. The van der Waals surface area contributed by atoms with Gasteiger partial charge in [0, 0.05) is 31.7 Å². The van der Waals surface area contributed by atoms with Gasteiger partial charge in [0.1, 0.15) is 5.69 Å². The molecule has 0 aliphatic carbocycles. The monoisotopic (exact) mass is 269 g/mol. The van der Waals surface area contributed by atoms with E-state index in [1.54, 1.807) is 12.3 Å². The third kappa shape index (κ3) is 3.35. The van der Waals surface area contributed by atoms with Gasteiger partial charge >= 0.3 is 0 Å². The second-order valence-corrected chi connectivity index (χ2v) is 4.80. The molecule has 1 N–H and O–H groups in total. The molecule has 4 heteroatoms. The van der Waals surface area contributed by atoms with E-state index in [0.29, 0.717) is 5.69 Å². The van der Waals surface area contributed by atoms with Gasteiger partial charge in [-0.25, -0.2) is 0 Å². The van der Waals surface area contributed by atoms with Crippen LogP contribution in [0.25, 0.3) is 0 Å². The summed E-state index contributed by atoms with van der Waals surface area (Å²) in [5.41, 5.74) is 3.36. The number of amides is 1. The highest BCUT2D eigenvalue weighted by molar-refractivity contribution is 6.03. The van der Waals surface area contributed by atoms with Crippen molar-refractivity contribution in [1.82, 2.24) is 4.98 Å². The number of nitrogens with zero attached hydrogens (tertiary/aromatic N) is 2. The zero-order valence-corrected chi connectivity index (χ0v) is 12.1. The first-order chi connectivity index (χ1) is 9.60. The molecule has 1 aromatic heterocycles. The number of rotatable bonds is 4. The van der Waals surface area contributed by atoms with Gasteiger partial charge in [-0.15, -0.1) is 0 Å². The quantitative estimate of drug-likeness (QED) is 0.928. The highest BCUT2D eigenvalue weighted by Gasteiger charge is 2.09. The second kappa shape index (κ2) is 6.19. The first-order valence-electron chi connectivity index (χ1n) is 6.64. The van der Waals surface area contributed by atoms with Crippen LogP contribution >= 0.6 is 0 Å². The number of anilines is 2. The van der Waals surface area contributed by atoms with Crippen LogP contribution in [0, 0.1) is 0 Å². The molecule has 20 heavy (non-hydrogen) atoms. The van der Waals surface area contributed by atoms with E-state index in [1.807, 2.05) is 49.3 Å². The van der Waals surface area contributed by atoms with Crippen LogP contribution in [-0.2, 0) is 6.42 Å². The molecule has 1 heterocycles. The van der Waals surface area contributed by atoms with Crippen LogP contribution < -0.4 is 10.2 Å². The molecule has 104 valence electrons. The smallest absolute Gasteiger partial charge is 0.274 e. The lowest BCUT2D eigenvalue weighted by molar-refractivity contribution is 0.102. The van der Waals surface area contributed by atoms with Gasteiger partial charge in [0.2, 0.25) is 0 Å². The minimum Gasteiger partial charge on any atom is -0.378 e. The van der Waals surface area contributed by atoms with Crippen molar-refractivity contribution in [2.24, 2.45) is 0 Å². The molecule has 0 bridgehead atoms. The molecule has 0 fully saturated rings. The van der Waals surface area contributed by atoms with Crippen molar-refractivity contribution in [1.29, 1.82) is 0 Å². The fourth-order valence-corrected chi connectivity index (χ4v) is 1.89. The maximum Gasteiger partial charge on any atom is 0.274 e. The standard InChI is InChI=1S/C16H19N3O/c1-4-12-6-5-7-13(10-12)18-16(20)15-11-14(19(2)3)8-9-17-15/h5-11H,4H2,1-3H3,(H,18,20). The Hall–Kier alpha value is -2.36. The van der Waals surface area contributed by atoms with E-state index in [1.165, 1.54) is 5.56 Å². The van der Waals surface area contributed by atoms with Gasteiger partial charge in [0.15, 0.2) is 0 Å². The molecule has 1 aromatic carbocycles. The van der Waals surface area contributed by atoms with E-state index in [-0.39, 0.29) is 5.91 Å². The fraction of sp³-hybridized carbons (Fsp3) is 0.250. The van der Waals surface area contributed by atoms with Crippen molar-refractivity contribution < 1.29 is 4.79 Å². The van der Waals surface area contributed by atoms with Crippen LogP contribution in [-0.4, -0.2) is 25.0 Å². The Bertz CT molecular complexity index is 608. The molecule has 0 atom stereocenters. The summed E-state index contributed by atoms with van der Waals surface area (Å²) in [5.74, 6) is -0.193. The van der Waals surface area contributed by atoms with Crippen LogP contribution in [0.1, 0.15) is 23.0 Å². The first kappa shape index (κ1) is 14.1. The lowest BCUT2D eigenvalue weighted by atomic mass is 10.1. The zero-order valence-electron chi connectivity index (χ0n) is 12.1. The van der Waals surface area contributed by atoms with Crippen LogP contribution in [0.3, 0.4) is 0 Å². The third-order valence-corrected chi connectivity index (χ3v) is 3.09. The summed E-state index contributed by atoms with van der Waals surface area (Å²) in [6, 6.07) is 11.5. The molecule has 0 radical (unpaired) electrons. The zero-order chi connectivity index (χ0) is 14.5. The van der Waals surface area contributed by atoms with Crippen LogP contribution in [0.15, 0.2) is 42.6 Å². The predicted octanol–water partition coefficient (Wildman–Crippen LogP) is 2.96. The number of aryl methyl sites for hydroxylation is 1. The molecule has 2 rings (SSSR count). The molecule has 2 aromatic rings. The highest BCUT2D eigenvalue weighted by Crippen LogP contribution is 2.15. The maximum atomic E-state index is 12.2. The van der Waals surface area contributed by atoms with Gasteiger partial charge in [-0.05, 0) is 36.2 Å². The molecular weight excluding hydrogens is 250 g/mol. The molecule has 0 saturated carbocycles. The maximum absolute atomic E-state index is 12.2. The summed E-state index contributed by atoms with van der Waals surface area (Å²) in [6.07, 6.45) is 2.59. The number of aromatic nitrogens is 1. The lowest BCUT2D eigenvalue weighted by Gasteiger charge is -2.13. The van der Waals surface area contributed by atoms with E-state index in [0.717, 1.165) is 17.8 Å². The molecule has 0 saturated heterocycles. The van der Waals surface area contributed by atoms with Crippen molar-refractivity contribution in [3.8, 4) is 0 Å². The summed E-state index contributed by atoms with van der Waals surface area (Å²) in [5, 5.41) is 2.88. The summed E-state index contributed by atoms with van der Waals surface area (Å²) in [4.78, 5) is 18.3. The molecule has 1 amide bonds. The number of nitrogens with one attached hydrogen (secondary N) is 1. The van der Waals surface area contributed by atoms with Gasteiger partial charge in [-0.3, -0.25) is 9.78 Å². The average molecular weight is 269 g/mol. The van der Waals surface area contributed by atoms with E-state index >= 15 is 0 Å². The van der Waals surface area contributed by atoms with Crippen LogP contribution in [0.4, 0.5) is 11.4 Å². The Balaban J connectivity index is 2.17. The summed E-state index contributed by atoms with van der Waals surface area (Å²) in [6.45, 7) is 2.09. The van der Waals surface area contributed by atoms with E-state index in [4.69, 9.17) is 0 Å². The van der Waals surface area contributed by atoms with Gasteiger partial charge < -0.3 is 10.2 Å². The summed E-state index contributed by atoms with van der Waals surface area (Å²) >= 11 is 0. The molecule has 0 aliphatic heterocycles. The predicted molar refractivity (Wildman–Crippen MR) is 82.3 cm³/mol. The number of carbonyl (C=O) groups excluding carboxylic acids is 1. The topological polar surface area (TPSA) is 45.2 Å². The average Bonchev–Trinajstić information content (AvgIpc) is 2.47. The third-order valence-electron chi connectivity index (χ3n) is 3.09. The minimum absolute atomic E-state index is 0.193. The van der Waals surface area contributed by atoms with Crippen molar-refractivity contribution in [3.05, 3.63) is 53.9 Å². The van der Waals surface area contributed by atoms with Crippen molar-refractivity contribution in [3.63, 3.8) is 0 Å². The summed E-state index contributed by atoms with van der Waals surface area (Å²) in [7, 11) is 3.86. The second-order valence-electron chi connectivity index (χ2n) is 4.80.